The Hall–Kier alpha value is -1.92. The monoisotopic (exact) mass is 275 g/mol. The quantitative estimate of drug-likeness (QED) is 0.772. The molecule has 6 heteroatoms. The van der Waals surface area contributed by atoms with Crippen molar-refractivity contribution in [3.05, 3.63) is 30.0 Å². The molecule has 2 N–H and O–H groups in total. The number of carbonyl (C=O) groups is 1. The van der Waals surface area contributed by atoms with E-state index in [-0.39, 0.29) is 12.3 Å². The van der Waals surface area contributed by atoms with Gasteiger partial charge in [-0.2, -0.15) is 0 Å². The van der Waals surface area contributed by atoms with Crippen LogP contribution >= 0.6 is 0 Å². The summed E-state index contributed by atoms with van der Waals surface area (Å²) in [5.74, 6) is -0.0383. The average molecular weight is 275 g/mol. The van der Waals surface area contributed by atoms with Crippen molar-refractivity contribution < 1.29 is 14.2 Å². The molecule has 1 fully saturated rings. The number of fused-ring (bicyclic) bond motifs is 1. The van der Waals surface area contributed by atoms with Gasteiger partial charge < -0.3 is 9.42 Å². The number of rotatable bonds is 3. The van der Waals surface area contributed by atoms with Gasteiger partial charge in [-0.3, -0.25) is 10.2 Å². The molecule has 1 amide bonds. The topological polar surface area (TPSA) is 62.8 Å². The lowest BCUT2D eigenvalue weighted by atomic mass is 10.2. The summed E-state index contributed by atoms with van der Waals surface area (Å²) in [5, 5.41) is 6.87. The van der Waals surface area contributed by atoms with E-state index in [9.17, 15) is 4.79 Å². The number of para-hydroxylation sites is 1. The van der Waals surface area contributed by atoms with Crippen LogP contribution in [0.25, 0.3) is 11.0 Å². The molecule has 6 nitrogen and oxygen atoms in total. The van der Waals surface area contributed by atoms with Crippen LogP contribution in [0.2, 0.25) is 0 Å². The number of piperazine rings is 1. The third-order valence-electron chi connectivity index (χ3n) is 3.68. The predicted octanol–water partition coefficient (Wildman–Crippen LogP) is -0.768. The van der Waals surface area contributed by atoms with Crippen molar-refractivity contribution in [3.63, 3.8) is 0 Å². The van der Waals surface area contributed by atoms with E-state index in [0.717, 1.165) is 37.1 Å². The Morgan fingerprint density at radius 2 is 2.15 bits per heavy atom. The SMILES string of the molecule is C[NH+]1CCN(NC(=O)Cc2noc3ccccc23)CC1. The Kier molecular flexibility index (Phi) is 3.66. The Labute approximate surface area is 117 Å². The highest BCUT2D eigenvalue weighted by Gasteiger charge is 2.19. The standard InChI is InChI=1S/C14H18N4O2/c1-17-6-8-18(9-7-17)15-14(19)10-12-11-4-2-3-5-13(11)20-16-12/h2-5H,6-10H2,1H3,(H,15,19)/p+1. The zero-order chi connectivity index (χ0) is 13.9. The summed E-state index contributed by atoms with van der Waals surface area (Å²) in [7, 11) is 2.17. The molecule has 0 atom stereocenters. The summed E-state index contributed by atoms with van der Waals surface area (Å²) in [5.41, 5.74) is 4.36. The Morgan fingerprint density at radius 3 is 2.95 bits per heavy atom. The average Bonchev–Trinajstić information content (AvgIpc) is 2.85. The molecule has 0 unspecified atom stereocenters. The van der Waals surface area contributed by atoms with Gasteiger partial charge in [-0.1, -0.05) is 17.3 Å². The second-order valence-corrected chi connectivity index (χ2v) is 5.28. The lowest BCUT2D eigenvalue weighted by Gasteiger charge is -2.29. The number of hydrogen-bond acceptors (Lipinski definition) is 4. The highest BCUT2D eigenvalue weighted by Crippen LogP contribution is 2.17. The number of likely N-dealkylation sites (N-methyl/N-ethyl adjacent to an activating group) is 1. The first-order chi connectivity index (χ1) is 9.72. The number of carbonyl (C=O) groups excluding carboxylic acids is 1. The fourth-order valence-electron chi connectivity index (χ4n) is 2.43. The molecular weight excluding hydrogens is 256 g/mol. The number of amides is 1. The minimum absolute atomic E-state index is 0.0383. The number of hydrogen-bond donors (Lipinski definition) is 2. The zero-order valence-electron chi connectivity index (χ0n) is 11.6. The van der Waals surface area contributed by atoms with E-state index in [1.807, 2.05) is 29.3 Å². The molecule has 1 aliphatic rings. The van der Waals surface area contributed by atoms with E-state index in [1.54, 1.807) is 0 Å². The van der Waals surface area contributed by atoms with Gasteiger partial charge in [-0.25, -0.2) is 5.01 Å². The summed E-state index contributed by atoms with van der Waals surface area (Å²) in [6, 6.07) is 7.59. The number of benzene rings is 1. The van der Waals surface area contributed by atoms with Crippen molar-refractivity contribution in [2.75, 3.05) is 33.2 Å². The maximum absolute atomic E-state index is 12.1. The first-order valence-electron chi connectivity index (χ1n) is 6.91. The molecule has 1 saturated heterocycles. The largest absolute Gasteiger partial charge is 0.356 e. The van der Waals surface area contributed by atoms with Crippen LogP contribution in [0.3, 0.4) is 0 Å². The minimum atomic E-state index is -0.0383. The maximum atomic E-state index is 12.1. The molecule has 0 spiro atoms. The second-order valence-electron chi connectivity index (χ2n) is 5.28. The highest BCUT2D eigenvalue weighted by atomic mass is 16.5. The third kappa shape index (κ3) is 2.81. The first kappa shape index (κ1) is 13.1. The van der Waals surface area contributed by atoms with Gasteiger partial charge in [-0.15, -0.1) is 0 Å². The normalized spacial score (nSPS) is 17.4. The Bertz CT molecular complexity index is 602. The van der Waals surface area contributed by atoms with E-state index in [1.165, 1.54) is 4.90 Å². The lowest BCUT2D eigenvalue weighted by molar-refractivity contribution is -0.884. The summed E-state index contributed by atoms with van der Waals surface area (Å²) in [4.78, 5) is 13.6. The maximum Gasteiger partial charge on any atom is 0.240 e. The van der Waals surface area contributed by atoms with Crippen molar-refractivity contribution in [2.45, 2.75) is 6.42 Å². The fraction of sp³-hybridized carbons (Fsp3) is 0.429. The molecule has 1 aromatic carbocycles. The smallest absolute Gasteiger partial charge is 0.240 e. The van der Waals surface area contributed by atoms with Crippen LogP contribution in [-0.2, 0) is 11.2 Å². The van der Waals surface area contributed by atoms with Gasteiger partial charge in [0.15, 0.2) is 5.58 Å². The van der Waals surface area contributed by atoms with Crippen LogP contribution in [0.4, 0.5) is 0 Å². The van der Waals surface area contributed by atoms with Gasteiger partial charge in [-0.05, 0) is 12.1 Å². The van der Waals surface area contributed by atoms with E-state index >= 15 is 0 Å². The Balaban J connectivity index is 1.61. The van der Waals surface area contributed by atoms with Gasteiger partial charge in [0, 0.05) is 5.39 Å². The molecule has 1 aliphatic heterocycles. The number of quaternary nitrogens is 1. The summed E-state index contributed by atoms with van der Waals surface area (Å²) < 4.78 is 5.21. The van der Waals surface area contributed by atoms with Crippen molar-refractivity contribution in [3.8, 4) is 0 Å². The van der Waals surface area contributed by atoms with E-state index in [4.69, 9.17) is 4.52 Å². The number of hydrazine groups is 1. The summed E-state index contributed by atoms with van der Waals surface area (Å²) >= 11 is 0. The number of aromatic nitrogens is 1. The van der Waals surface area contributed by atoms with Crippen molar-refractivity contribution >= 4 is 16.9 Å². The molecule has 2 aromatic rings. The van der Waals surface area contributed by atoms with Gasteiger partial charge in [0.1, 0.15) is 5.69 Å². The summed E-state index contributed by atoms with van der Waals surface area (Å²) in [6.07, 6.45) is 0.246. The minimum Gasteiger partial charge on any atom is -0.356 e. The molecule has 0 aliphatic carbocycles. The zero-order valence-corrected chi connectivity index (χ0v) is 11.6. The molecule has 3 rings (SSSR count). The van der Waals surface area contributed by atoms with Gasteiger partial charge >= 0.3 is 0 Å². The predicted molar refractivity (Wildman–Crippen MR) is 74.0 cm³/mol. The van der Waals surface area contributed by atoms with E-state index < -0.39 is 0 Å². The van der Waals surface area contributed by atoms with Gasteiger partial charge in [0.2, 0.25) is 5.91 Å². The highest BCUT2D eigenvalue weighted by molar-refractivity contribution is 5.85. The molecule has 0 bridgehead atoms. The van der Waals surface area contributed by atoms with Crippen LogP contribution in [-0.4, -0.2) is 49.3 Å². The molecular formula is C14H19N4O2+. The third-order valence-corrected chi connectivity index (χ3v) is 3.68. The van der Waals surface area contributed by atoms with Gasteiger partial charge in [0.25, 0.3) is 0 Å². The van der Waals surface area contributed by atoms with Crippen LogP contribution < -0.4 is 10.3 Å². The molecule has 2 heterocycles. The summed E-state index contributed by atoms with van der Waals surface area (Å²) in [6.45, 7) is 3.87. The van der Waals surface area contributed by atoms with E-state index in [0.29, 0.717) is 5.69 Å². The second kappa shape index (κ2) is 5.60. The lowest BCUT2D eigenvalue weighted by Crippen LogP contribution is -3.12. The van der Waals surface area contributed by atoms with Crippen LogP contribution in [0.5, 0.6) is 0 Å². The van der Waals surface area contributed by atoms with Crippen LogP contribution in [0.15, 0.2) is 28.8 Å². The molecule has 0 saturated carbocycles. The molecule has 1 aromatic heterocycles. The number of nitrogens with zero attached hydrogens (tertiary/aromatic N) is 2. The Morgan fingerprint density at radius 1 is 1.40 bits per heavy atom. The van der Waals surface area contributed by atoms with Crippen molar-refractivity contribution in [1.29, 1.82) is 0 Å². The molecule has 0 radical (unpaired) electrons. The van der Waals surface area contributed by atoms with Crippen LogP contribution in [0, 0.1) is 0 Å². The van der Waals surface area contributed by atoms with E-state index in [2.05, 4.69) is 17.6 Å². The number of nitrogens with one attached hydrogen (secondary N) is 2. The van der Waals surface area contributed by atoms with Crippen LogP contribution in [0.1, 0.15) is 5.69 Å². The first-order valence-corrected chi connectivity index (χ1v) is 6.91. The van der Waals surface area contributed by atoms with Crippen molar-refractivity contribution in [2.24, 2.45) is 0 Å². The molecule has 20 heavy (non-hydrogen) atoms. The molecule has 106 valence electrons. The fourth-order valence-corrected chi connectivity index (χ4v) is 2.43. The van der Waals surface area contributed by atoms with Crippen molar-refractivity contribution in [1.82, 2.24) is 15.6 Å². The van der Waals surface area contributed by atoms with Gasteiger partial charge in [0.05, 0.1) is 39.6 Å².